The second-order valence-corrected chi connectivity index (χ2v) is 5.26. The van der Waals surface area contributed by atoms with Crippen LogP contribution in [0.15, 0.2) is 16.9 Å². The fourth-order valence-electron chi connectivity index (χ4n) is 2.57. The smallest absolute Gasteiger partial charge is 0.250 e. The van der Waals surface area contributed by atoms with Gasteiger partial charge < -0.3 is 15.2 Å². The lowest BCUT2D eigenvalue weighted by Gasteiger charge is -2.25. The lowest BCUT2D eigenvalue weighted by Crippen LogP contribution is -2.31. The number of nitrogens with two attached hydrogens (primary N) is 1. The maximum absolute atomic E-state index is 12.0. The van der Waals surface area contributed by atoms with Crippen molar-refractivity contribution in [2.24, 2.45) is 5.73 Å². The van der Waals surface area contributed by atoms with Crippen molar-refractivity contribution in [3.63, 3.8) is 0 Å². The second kappa shape index (κ2) is 5.57. The van der Waals surface area contributed by atoms with E-state index in [9.17, 15) is 9.59 Å². The van der Waals surface area contributed by atoms with E-state index < -0.39 is 0 Å². The molecule has 5 nitrogen and oxygen atoms in total. The summed E-state index contributed by atoms with van der Waals surface area (Å²) in [5.41, 5.74) is 8.11. The molecule has 1 unspecified atom stereocenters. The van der Waals surface area contributed by atoms with Gasteiger partial charge in [0.25, 0.3) is 5.56 Å². The normalized spacial score (nSPS) is 17.9. The third-order valence-corrected chi connectivity index (χ3v) is 3.71. The average Bonchev–Trinajstić information content (AvgIpc) is 2.37. The van der Waals surface area contributed by atoms with Crippen molar-refractivity contribution < 1.29 is 4.79 Å². The zero-order chi connectivity index (χ0) is 14.0. The molecule has 19 heavy (non-hydrogen) atoms. The minimum atomic E-state index is -0.0422. The topological polar surface area (TPSA) is 68.3 Å². The van der Waals surface area contributed by atoms with Gasteiger partial charge in [0.05, 0.1) is 0 Å². The molecule has 0 saturated carbocycles. The van der Waals surface area contributed by atoms with E-state index in [1.165, 1.54) is 0 Å². The van der Waals surface area contributed by atoms with E-state index in [1.807, 2.05) is 6.07 Å². The number of carbonyl (C=O) groups excluding carboxylic acids is 1. The molecule has 1 amide bonds. The molecule has 1 aromatic rings. The van der Waals surface area contributed by atoms with Crippen LogP contribution < -0.4 is 11.3 Å². The monoisotopic (exact) mass is 263 g/mol. The van der Waals surface area contributed by atoms with Crippen LogP contribution in [-0.4, -0.2) is 29.5 Å². The van der Waals surface area contributed by atoms with Crippen LogP contribution in [-0.2, 0) is 17.8 Å². The fourth-order valence-corrected chi connectivity index (χ4v) is 2.57. The number of pyridine rings is 1. The Morgan fingerprint density at radius 3 is 2.89 bits per heavy atom. The Balaban J connectivity index is 2.27. The Morgan fingerprint density at radius 1 is 1.47 bits per heavy atom. The van der Waals surface area contributed by atoms with E-state index in [-0.39, 0.29) is 17.5 Å². The van der Waals surface area contributed by atoms with Gasteiger partial charge in [0, 0.05) is 44.9 Å². The number of aromatic nitrogens is 1. The Morgan fingerprint density at radius 2 is 2.21 bits per heavy atom. The molecule has 1 aliphatic carbocycles. The Hall–Kier alpha value is -1.62. The van der Waals surface area contributed by atoms with E-state index in [2.05, 4.69) is 0 Å². The van der Waals surface area contributed by atoms with Gasteiger partial charge in [-0.25, -0.2) is 0 Å². The van der Waals surface area contributed by atoms with Gasteiger partial charge >= 0.3 is 0 Å². The first-order chi connectivity index (χ1) is 9.00. The first kappa shape index (κ1) is 13.8. The van der Waals surface area contributed by atoms with Crippen molar-refractivity contribution in [1.82, 2.24) is 9.47 Å². The minimum absolute atomic E-state index is 0.0140. The molecule has 5 heteroatoms. The van der Waals surface area contributed by atoms with E-state index in [4.69, 9.17) is 5.73 Å². The molecule has 104 valence electrons. The summed E-state index contributed by atoms with van der Waals surface area (Å²) in [6.45, 7) is 0.436. The van der Waals surface area contributed by atoms with Crippen LogP contribution in [0.25, 0.3) is 0 Å². The predicted octanol–water partition coefficient (Wildman–Crippen LogP) is 0.663. The van der Waals surface area contributed by atoms with E-state index in [0.717, 1.165) is 30.5 Å². The molecular weight excluding hydrogens is 242 g/mol. The number of hydrogen-bond acceptors (Lipinski definition) is 3. The van der Waals surface area contributed by atoms with Crippen LogP contribution in [0.5, 0.6) is 0 Å². The van der Waals surface area contributed by atoms with Crippen LogP contribution in [0, 0.1) is 0 Å². The Bertz CT molecular complexity index is 534. The molecule has 0 fully saturated rings. The van der Waals surface area contributed by atoms with Gasteiger partial charge in [0.1, 0.15) is 0 Å². The van der Waals surface area contributed by atoms with Crippen LogP contribution in [0.4, 0.5) is 0 Å². The zero-order valence-electron chi connectivity index (χ0n) is 11.6. The highest BCUT2D eigenvalue weighted by Crippen LogP contribution is 2.26. The van der Waals surface area contributed by atoms with Gasteiger partial charge in [-0.3, -0.25) is 9.59 Å². The summed E-state index contributed by atoms with van der Waals surface area (Å²) in [5, 5.41) is 0. The number of carbonyl (C=O) groups is 1. The SMILES string of the molecule is CN(C)C(=O)CCn1c2c(ccc1=O)C(N)CCC2. The van der Waals surface area contributed by atoms with Crippen molar-refractivity contribution in [3.05, 3.63) is 33.7 Å². The van der Waals surface area contributed by atoms with Crippen molar-refractivity contribution in [1.29, 1.82) is 0 Å². The largest absolute Gasteiger partial charge is 0.349 e. The molecule has 0 bridgehead atoms. The summed E-state index contributed by atoms with van der Waals surface area (Å²) >= 11 is 0. The number of amides is 1. The van der Waals surface area contributed by atoms with E-state index >= 15 is 0 Å². The molecule has 0 saturated heterocycles. The van der Waals surface area contributed by atoms with Gasteiger partial charge in [0.2, 0.25) is 5.91 Å². The first-order valence-corrected chi connectivity index (χ1v) is 6.69. The standard InChI is InChI=1S/C14H21N3O2/c1-16(2)13(18)8-9-17-12-5-3-4-11(15)10(12)6-7-14(17)19/h6-7,11H,3-5,8-9,15H2,1-2H3. The number of nitrogens with zero attached hydrogens (tertiary/aromatic N) is 2. The number of hydrogen-bond donors (Lipinski definition) is 1. The predicted molar refractivity (Wildman–Crippen MR) is 73.9 cm³/mol. The second-order valence-electron chi connectivity index (χ2n) is 5.26. The quantitative estimate of drug-likeness (QED) is 0.871. The Kier molecular flexibility index (Phi) is 4.04. The van der Waals surface area contributed by atoms with E-state index in [1.54, 1.807) is 29.6 Å². The zero-order valence-corrected chi connectivity index (χ0v) is 11.6. The molecule has 0 radical (unpaired) electrons. The summed E-state index contributed by atoms with van der Waals surface area (Å²) in [6, 6.07) is 3.41. The molecule has 2 rings (SSSR count). The fraction of sp³-hybridized carbons (Fsp3) is 0.571. The molecule has 0 aromatic carbocycles. The molecule has 0 aliphatic heterocycles. The number of rotatable bonds is 3. The molecule has 1 aromatic heterocycles. The van der Waals surface area contributed by atoms with Gasteiger partial charge in [0.15, 0.2) is 0 Å². The minimum Gasteiger partial charge on any atom is -0.349 e. The highest BCUT2D eigenvalue weighted by molar-refractivity contribution is 5.75. The van der Waals surface area contributed by atoms with Crippen LogP contribution >= 0.6 is 0 Å². The summed E-state index contributed by atoms with van der Waals surface area (Å²) in [7, 11) is 3.45. The van der Waals surface area contributed by atoms with Crippen molar-refractivity contribution >= 4 is 5.91 Å². The van der Waals surface area contributed by atoms with Gasteiger partial charge in [-0.2, -0.15) is 0 Å². The lowest BCUT2D eigenvalue weighted by molar-refractivity contribution is -0.128. The first-order valence-electron chi connectivity index (χ1n) is 6.69. The molecule has 1 heterocycles. The van der Waals surface area contributed by atoms with Gasteiger partial charge in [-0.1, -0.05) is 6.07 Å². The summed E-state index contributed by atoms with van der Waals surface area (Å²) in [4.78, 5) is 25.2. The summed E-state index contributed by atoms with van der Waals surface area (Å²) in [5.74, 6) is 0.0320. The van der Waals surface area contributed by atoms with Crippen molar-refractivity contribution in [2.75, 3.05) is 14.1 Å². The highest BCUT2D eigenvalue weighted by Gasteiger charge is 2.20. The van der Waals surface area contributed by atoms with Crippen molar-refractivity contribution in [2.45, 2.75) is 38.3 Å². The van der Waals surface area contributed by atoms with Gasteiger partial charge in [-0.15, -0.1) is 0 Å². The van der Waals surface area contributed by atoms with Crippen LogP contribution in [0.3, 0.4) is 0 Å². The molecular formula is C14H21N3O2. The molecule has 1 atom stereocenters. The van der Waals surface area contributed by atoms with Crippen LogP contribution in [0.1, 0.15) is 36.6 Å². The summed E-state index contributed by atoms with van der Waals surface area (Å²) < 4.78 is 1.72. The maximum Gasteiger partial charge on any atom is 0.250 e. The maximum atomic E-state index is 12.0. The number of fused-ring (bicyclic) bond motifs is 1. The van der Waals surface area contributed by atoms with Gasteiger partial charge in [-0.05, 0) is 24.8 Å². The molecule has 2 N–H and O–H groups in total. The third-order valence-electron chi connectivity index (χ3n) is 3.71. The van der Waals surface area contributed by atoms with E-state index in [0.29, 0.717) is 13.0 Å². The Labute approximate surface area is 113 Å². The lowest BCUT2D eigenvalue weighted by atomic mass is 9.91. The average molecular weight is 263 g/mol. The van der Waals surface area contributed by atoms with Crippen LogP contribution in [0.2, 0.25) is 0 Å². The van der Waals surface area contributed by atoms with Crippen molar-refractivity contribution in [3.8, 4) is 0 Å². The molecule has 1 aliphatic rings. The third kappa shape index (κ3) is 2.87. The highest BCUT2D eigenvalue weighted by atomic mass is 16.2. The molecule has 0 spiro atoms. The summed E-state index contributed by atoms with van der Waals surface area (Å²) in [6.07, 6.45) is 3.18.